The quantitative estimate of drug-likeness (QED) is 0.736. The monoisotopic (exact) mass is 365 g/mol. The minimum atomic E-state index is -0.125. The Bertz CT molecular complexity index is 988. The van der Waals surface area contributed by atoms with Gasteiger partial charge in [-0.3, -0.25) is 4.79 Å². The number of benzene rings is 1. The van der Waals surface area contributed by atoms with Crippen LogP contribution in [0.4, 0.5) is 5.69 Å². The summed E-state index contributed by atoms with van der Waals surface area (Å²) < 4.78 is 1.67. The van der Waals surface area contributed by atoms with E-state index >= 15 is 0 Å². The summed E-state index contributed by atoms with van der Waals surface area (Å²) in [6.07, 6.45) is 0.116. The van der Waals surface area contributed by atoms with Crippen molar-refractivity contribution in [2.45, 2.75) is 59.8 Å². The zero-order chi connectivity index (χ0) is 19.7. The summed E-state index contributed by atoms with van der Waals surface area (Å²) in [6, 6.07) is 8.20. The lowest BCUT2D eigenvalue weighted by atomic mass is 9.94. The van der Waals surface area contributed by atoms with E-state index in [4.69, 9.17) is 0 Å². The Labute approximate surface area is 160 Å². The number of hydrogen-bond acceptors (Lipinski definition) is 4. The molecule has 1 aromatic carbocycles. The summed E-state index contributed by atoms with van der Waals surface area (Å²) in [5, 5.41) is 7.44. The molecule has 0 saturated heterocycles. The van der Waals surface area contributed by atoms with Crippen LogP contribution in [-0.4, -0.2) is 25.5 Å². The molecule has 3 rings (SSSR count). The molecular formula is C21H27N5O. The van der Waals surface area contributed by atoms with Crippen LogP contribution < -0.4 is 5.32 Å². The van der Waals surface area contributed by atoms with Gasteiger partial charge in [-0.25, -0.2) is 9.50 Å². The van der Waals surface area contributed by atoms with Gasteiger partial charge in [0.05, 0.1) is 6.42 Å². The summed E-state index contributed by atoms with van der Waals surface area (Å²) in [4.78, 5) is 21.3. The average Bonchev–Trinajstić information content (AvgIpc) is 2.97. The fourth-order valence-electron chi connectivity index (χ4n) is 3.15. The minimum absolute atomic E-state index is 0.116. The molecule has 0 aliphatic heterocycles. The van der Waals surface area contributed by atoms with Crippen LogP contribution in [0.2, 0.25) is 0 Å². The number of nitrogens with one attached hydrogen (secondary N) is 1. The van der Waals surface area contributed by atoms with Crippen molar-refractivity contribution in [3.8, 4) is 0 Å². The molecule has 0 fully saturated rings. The molecule has 6 nitrogen and oxygen atoms in total. The molecule has 142 valence electrons. The number of anilines is 1. The molecule has 0 saturated carbocycles. The SMILES string of the molecule is Cc1cc(C)n2nc(CC(=O)Nc3ccc(C(C)C)cc3C(C)C)nc2n1. The van der Waals surface area contributed by atoms with Crippen LogP contribution in [0.15, 0.2) is 24.3 Å². The van der Waals surface area contributed by atoms with Gasteiger partial charge in [0.2, 0.25) is 5.91 Å². The van der Waals surface area contributed by atoms with Crippen molar-refractivity contribution in [1.29, 1.82) is 0 Å². The predicted molar refractivity (Wildman–Crippen MR) is 107 cm³/mol. The summed E-state index contributed by atoms with van der Waals surface area (Å²) >= 11 is 0. The Morgan fingerprint density at radius 3 is 2.48 bits per heavy atom. The summed E-state index contributed by atoms with van der Waals surface area (Å²) in [6.45, 7) is 12.5. The van der Waals surface area contributed by atoms with Crippen LogP contribution >= 0.6 is 0 Å². The van der Waals surface area contributed by atoms with Gasteiger partial charge in [0.15, 0.2) is 5.82 Å². The van der Waals surface area contributed by atoms with E-state index in [9.17, 15) is 4.79 Å². The highest BCUT2D eigenvalue weighted by Gasteiger charge is 2.15. The van der Waals surface area contributed by atoms with E-state index in [1.807, 2.05) is 26.0 Å². The molecule has 0 atom stereocenters. The van der Waals surface area contributed by atoms with Crippen LogP contribution in [0.3, 0.4) is 0 Å². The highest BCUT2D eigenvalue weighted by Crippen LogP contribution is 2.28. The maximum Gasteiger partial charge on any atom is 0.252 e. The Morgan fingerprint density at radius 2 is 1.81 bits per heavy atom. The normalized spacial score (nSPS) is 11.6. The van der Waals surface area contributed by atoms with E-state index in [1.54, 1.807) is 4.52 Å². The first kappa shape index (κ1) is 19.0. The molecule has 2 aromatic heterocycles. The van der Waals surface area contributed by atoms with Crippen LogP contribution in [-0.2, 0) is 11.2 Å². The Kier molecular flexibility index (Phi) is 5.26. The second-order valence-electron chi connectivity index (χ2n) is 7.66. The molecule has 0 aliphatic carbocycles. The molecule has 27 heavy (non-hydrogen) atoms. The maximum absolute atomic E-state index is 12.6. The summed E-state index contributed by atoms with van der Waals surface area (Å²) in [5.74, 6) is 1.65. The largest absolute Gasteiger partial charge is 0.325 e. The van der Waals surface area contributed by atoms with E-state index in [2.05, 4.69) is 60.2 Å². The number of aromatic nitrogens is 4. The number of fused-ring (bicyclic) bond motifs is 1. The molecule has 0 unspecified atom stereocenters. The van der Waals surface area contributed by atoms with Crippen molar-refractivity contribution < 1.29 is 4.79 Å². The lowest BCUT2D eigenvalue weighted by molar-refractivity contribution is -0.115. The lowest BCUT2D eigenvalue weighted by Gasteiger charge is -2.16. The van der Waals surface area contributed by atoms with E-state index in [0.717, 1.165) is 22.6 Å². The van der Waals surface area contributed by atoms with Crippen LogP contribution in [0.5, 0.6) is 0 Å². The van der Waals surface area contributed by atoms with E-state index < -0.39 is 0 Å². The maximum atomic E-state index is 12.6. The second kappa shape index (κ2) is 7.47. The molecule has 3 aromatic rings. The van der Waals surface area contributed by atoms with Crippen molar-refractivity contribution >= 4 is 17.4 Å². The third-order valence-electron chi connectivity index (χ3n) is 4.62. The van der Waals surface area contributed by atoms with Crippen LogP contribution in [0.1, 0.15) is 67.9 Å². The zero-order valence-corrected chi connectivity index (χ0v) is 16.9. The van der Waals surface area contributed by atoms with E-state index in [1.165, 1.54) is 5.56 Å². The number of carbonyl (C=O) groups excluding carboxylic acids is 1. The molecule has 0 radical (unpaired) electrons. The second-order valence-corrected chi connectivity index (χ2v) is 7.66. The molecule has 1 N–H and O–H groups in total. The van der Waals surface area contributed by atoms with Gasteiger partial charge in [-0.1, -0.05) is 39.8 Å². The van der Waals surface area contributed by atoms with Gasteiger partial charge in [0, 0.05) is 17.1 Å². The Morgan fingerprint density at radius 1 is 1.07 bits per heavy atom. The highest BCUT2D eigenvalue weighted by molar-refractivity contribution is 5.92. The number of hydrogen-bond donors (Lipinski definition) is 1. The van der Waals surface area contributed by atoms with E-state index in [0.29, 0.717) is 23.4 Å². The zero-order valence-electron chi connectivity index (χ0n) is 16.9. The third kappa shape index (κ3) is 4.15. The summed E-state index contributed by atoms with van der Waals surface area (Å²) in [7, 11) is 0. The Balaban J connectivity index is 1.81. The third-order valence-corrected chi connectivity index (χ3v) is 4.62. The minimum Gasteiger partial charge on any atom is -0.325 e. The van der Waals surface area contributed by atoms with E-state index in [-0.39, 0.29) is 12.3 Å². The van der Waals surface area contributed by atoms with Crippen molar-refractivity contribution in [1.82, 2.24) is 19.6 Å². The molecular weight excluding hydrogens is 338 g/mol. The van der Waals surface area contributed by atoms with Crippen molar-refractivity contribution in [3.05, 3.63) is 52.6 Å². The first-order valence-corrected chi connectivity index (χ1v) is 9.38. The summed E-state index contributed by atoms with van der Waals surface area (Å²) in [5.41, 5.74) is 5.10. The van der Waals surface area contributed by atoms with Gasteiger partial charge in [-0.2, -0.15) is 4.98 Å². The highest BCUT2D eigenvalue weighted by atomic mass is 16.1. The number of carbonyl (C=O) groups is 1. The number of aryl methyl sites for hydroxylation is 2. The van der Waals surface area contributed by atoms with Gasteiger partial charge in [-0.05, 0) is 48.9 Å². The number of rotatable bonds is 5. The van der Waals surface area contributed by atoms with Gasteiger partial charge in [0.1, 0.15) is 0 Å². The number of nitrogens with zero attached hydrogens (tertiary/aromatic N) is 4. The standard InChI is InChI=1S/C21H27N5O/c1-12(2)16-7-8-18(17(10-16)13(3)4)23-20(27)11-19-24-21-22-14(5)9-15(6)26(21)25-19/h7-10,12-13H,11H2,1-6H3,(H,23,27). The van der Waals surface area contributed by atoms with Crippen LogP contribution in [0.25, 0.3) is 5.78 Å². The fourth-order valence-corrected chi connectivity index (χ4v) is 3.15. The van der Waals surface area contributed by atoms with Crippen LogP contribution in [0, 0.1) is 13.8 Å². The van der Waals surface area contributed by atoms with Crippen molar-refractivity contribution in [3.63, 3.8) is 0 Å². The smallest absolute Gasteiger partial charge is 0.252 e. The van der Waals surface area contributed by atoms with Crippen molar-refractivity contribution in [2.75, 3.05) is 5.32 Å². The molecule has 6 heteroatoms. The molecule has 2 heterocycles. The average molecular weight is 365 g/mol. The number of amides is 1. The lowest BCUT2D eigenvalue weighted by Crippen LogP contribution is -2.17. The molecule has 0 bridgehead atoms. The van der Waals surface area contributed by atoms with Gasteiger partial charge < -0.3 is 5.32 Å². The van der Waals surface area contributed by atoms with Crippen molar-refractivity contribution in [2.24, 2.45) is 0 Å². The van der Waals surface area contributed by atoms with Gasteiger partial charge in [0.25, 0.3) is 5.78 Å². The molecule has 0 spiro atoms. The predicted octanol–water partition coefficient (Wildman–Crippen LogP) is 4.17. The molecule has 0 aliphatic rings. The first-order chi connectivity index (χ1) is 12.7. The Hall–Kier alpha value is -2.76. The van der Waals surface area contributed by atoms with Gasteiger partial charge >= 0.3 is 0 Å². The first-order valence-electron chi connectivity index (χ1n) is 9.38. The molecule has 1 amide bonds. The topological polar surface area (TPSA) is 72.2 Å². The van der Waals surface area contributed by atoms with Gasteiger partial charge in [-0.15, -0.1) is 5.10 Å². The fraction of sp³-hybridized carbons (Fsp3) is 0.429.